The highest BCUT2D eigenvalue weighted by atomic mass is 15.2. The first-order chi connectivity index (χ1) is 6.33. The van der Waals surface area contributed by atoms with E-state index in [2.05, 4.69) is 31.1 Å². The monoisotopic (exact) mass is 184 g/mol. The minimum atomic E-state index is 0.873. The molecule has 0 spiro atoms. The molecular weight excluding hydrogens is 160 g/mol. The third-order valence-electron chi connectivity index (χ3n) is 3.23. The predicted molar refractivity (Wildman–Crippen MR) is 58.0 cm³/mol. The van der Waals surface area contributed by atoms with Gasteiger partial charge in [-0.25, -0.2) is 0 Å². The van der Waals surface area contributed by atoms with Crippen LogP contribution in [0.3, 0.4) is 0 Å². The lowest BCUT2D eigenvalue weighted by Gasteiger charge is -2.44. The lowest BCUT2D eigenvalue weighted by atomic mass is 9.78. The Labute approximate surface area is 82.7 Å². The summed E-state index contributed by atoms with van der Waals surface area (Å²) in [6, 6.07) is 0.873. The SMILES string of the molecule is CCCN(CC)C1CCC1CNC. The molecule has 0 bridgehead atoms. The van der Waals surface area contributed by atoms with E-state index in [1.54, 1.807) is 0 Å². The van der Waals surface area contributed by atoms with Crippen molar-refractivity contribution in [3.63, 3.8) is 0 Å². The van der Waals surface area contributed by atoms with Gasteiger partial charge in [-0.05, 0) is 51.9 Å². The summed E-state index contributed by atoms with van der Waals surface area (Å²) in [7, 11) is 2.06. The Balaban J connectivity index is 2.31. The Bertz CT molecular complexity index is 136. The number of hydrogen-bond acceptors (Lipinski definition) is 2. The van der Waals surface area contributed by atoms with Gasteiger partial charge in [-0.3, -0.25) is 0 Å². The van der Waals surface area contributed by atoms with Crippen LogP contribution in [0, 0.1) is 5.92 Å². The fourth-order valence-corrected chi connectivity index (χ4v) is 2.38. The van der Waals surface area contributed by atoms with Crippen molar-refractivity contribution in [3.8, 4) is 0 Å². The summed E-state index contributed by atoms with van der Waals surface area (Å²) in [5.41, 5.74) is 0. The number of nitrogens with one attached hydrogen (secondary N) is 1. The van der Waals surface area contributed by atoms with E-state index < -0.39 is 0 Å². The van der Waals surface area contributed by atoms with Crippen molar-refractivity contribution in [2.45, 2.75) is 39.2 Å². The molecule has 1 fully saturated rings. The molecule has 0 amide bonds. The summed E-state index contributed by atoms with van der Waals surface area (Å²) in [4.78, 5) is 2.64. The minimum absolute atomic E-state index is 0.873. The van der Waals surface area contributed by atoms with Gasteiger partial charge < -0.3 is 10.2 Å². The summed E-state index contributed by atoms with van der Waals surface area (Å²) < 4.78 is 0. The molecule has 0 saturated heterocycles. The standard InChI is InChI=1S/C11H24N2/c1-4-8-13(5-2)11-7-6-10(11)9-12-3/h10-12H,4-9H2,1-3H3. The van der Waals surface area contributed by atoms with Crippen LogP contribution < -0.4 is 5.32 Å². The van der Waals surface area contributed by atoms with Crippen LogP contribution in [0.25, 0.3) is 0 Å². The number of hydrogen-bond donors (Lipinski definition) is 1. The van der Waals surface area contributed by atoms with E-state index >= 15 is 0 Å². The van der Waals surface area contributed by atoms with Gasteiger partial charge in [0.1, 0.15) is 0 Å². The maximum atomic E-state index is 3.29. The normalized spacial score (nSPS) is 27.7. The van der Waals surface area contributed by atoms with Crippen LogP contribution in [0.2, 0.25) is 0 Å². The Morgan fingerprint density at radius 2 is 2.08 bits per heavy atom. The van der Waals surface area contributed by atoms with Crippen molar-refractivity contribution in [2.24, 2.45) is 5.92 Å². The van der Waals surface area contributed by atoms with Crippen molar-refractivity contribution < 1.29 is 0 Å². The fraction of sp³-hybridized carbons (Fsp3) is 1.00. The van der Waals surface area contributed by atoms with E-state index in [4.69, 9.17) is 0 Å². The van der Waals surface area contributed by atoms with Gasteiger partial charge in [0.05, 0.1) is 0 Å². The zero-order valence-corrected chi connectivity index (χ0v) is 9.34. The van der Waals surface area contributed by atoms with Crippen LogP contribution in [0.4, 0.5) is 0 Å². The summed E-state index contributed by atoms with van der Waals surface area (Å²) >= 11 is 0. The van der Waals surface area contributed by atoms with E-state index in [1.807, 2.05) is 0 Å². The Hall–Kier alpha value is -0.0800. The third kappa shape index (κ3) is 2.68. The van der Waals surface area contributed by atoms with Crippen molar-refractivity contribution in [3.05, 3.63) is 0 Å². The molecule has 1 saturated carbocycles. The molecule has 78 valence electrons. The molecule has 0 aromatic carbocycles. The largest absolute Gasteiger partial charge is 0.319 e. The molecule has 1 N–H and O–H groups in total. The zero-order valence-electron chi connectivity index (χ0n) is 9.34. The molecule has 1 rings (SSSR count). The Kier molecular flexibility index (Phi) is 4.74. The third-order valence-corrected chi connectivity index (χ3v) is 3.23. The molecule has 0 radical (unpaired) electrons. The van der Waals surface area contributed by atoms with Gasteiger partial charge in [0.2, 0.25) is 0 Å². The summed E-state index contributed by atoms with van der Waals surface area (Å²) in [6.07, 6.45) is 4.13. The average molecular weight is 184 g/mol. The molecule has 1 aliphatic rings. The van der Waals surface area contributed by atoms with E-state index in [9.17, 15) is 0 Å². The molecule has 0 aliphatic heterocycles. The van der Waals surface area contributed by atoms with Gasteiger partial charge >= 0.3 is 0 Å². The van der Waals surface area contributed by atoms with Crippen LogP contribution >= 0.6 is 0 Å². The van der Waals surface area contributed by atoms with Gasteiger partial charge in [-0.2, -0.15) is 0 Å². The lowest BCUT2D eigenvalue weighted by molar-refractivity contribution is 0.0672. The quantitative estimate of drug-likeness (QED) is 0.676. The van der Waals surface area contributed by atoms with Gasteiger partial charge in [-0.15, -0.1) is 0 Å². The summed E-state index contributed by atoms with van der Waals surface area (Å²) in [6.45, 7) is 8.25. The van der Waals surface area contributed by atoms with Crippen molar-refractivity contribution in [1.29, 1.82) is 0 Å². The van der Waals surface area contributed by atoms with E-state index in [1.165, 1.54) is 38.9 Å². The first-order valence-electron chi connectivity index (χ1n) is 5.72. The maximum Gasteiger partial charge on any atom is 0.0136 e. The van der Waals surface area contributed by atoms with Crippen LogP contribution in [0.5, 0.6) is 0 Å². The highest BCUT2D eigenvalue weighted by molar-refractivity contribution is 4.89. The predicted octanol–water partition coefficient (Wildman–Crippen LogP) is 1.72. The molecule has 0 aromatic rings. The first kappa shape index (κ1) is 11.0. The number of nitrogens with zero attached hydrogens (tertiary/aromatic N) is 1. The van der Waals surface area contributed by atoms with Crippen LogP contribution in [0.1, 0.15) is 33.1 Å². The molecule has 2 atom stereocenters. The van der Waals surface area contributed by atoms with Crippen LogP contribution in [0.15, 0.2) is 0 Å². The van der Waals surface area contributed by atoms with Crippen molar-refractivity contribution in [1.82, 2.24) is 10.2 Å². The van der Waals surface area contributed by atoms with E-state index in [0.29, 0.717) is 0 Å². The topological polar surface area (TPSA) is 15.3 Å². The van der Waals surface area contributed by atoms with Gasteiger partial charge in [0.25, 0.3) is 0 Å². The van der Waals surface area contributed by atoms with Crippen LogP contribution in [-0.4, -0.2) is 37.6 Å². The van der Waals surface area contributed by atoms with Crippen molar-refractivity contribution >= 4 is 0 Å². The second-order valence-corrected chi connectivity index (χ2v) is 4.09. The summed E-state index contributed by atoms with van der Waals surface area (Å²) in [5.74, 6) is 0.913. The second-order valence-electron chi connectivity index (χ2n) is 4.09. The summed E-state index contributed by atoms with van der Waals surface area (Å²) in [5, 5.41) is 3.29. The molecule has 2 unspecified atom stereocenters. The molecule has 2 nitrogen and oxygen atoms in total. The van der Waals surface area contributed by atoms with Gasteiger partial charge in [-0.1, -0.05) is 13.8 Å². The van der Waals surface area contributed by atoms with Gasteiger partial charge in [0, 0.05) is 6.04 Å². The molecule has 1 aliphatic carbocycles. The molecule has 0 heterocycles. The Morgan fingerprint density at radius 1 is 1.31 bits per heavy atom. The first-order valence-corrected chi connectivity index (χ1v) is 5.72. The van der Waals surface area contributed by atoms with Gasteiger partial charge in [0.15, 0.2) is 0 Å². The minimum Gasteiger partial charge on any atom is -0.319 e. The fourth-order valence-electron chi connectivity index (χ4n) is 2.38. The Morgan fingerprint density at radius 3 is 2.46 bits per heavy atom. The average Bonchev–Trinajstić information content (AvgIpc) is 2.11. The second kappa shape index (κ2) is 5.61. The highest BCUT2D eigenvalue weighted by Gasteiger charge is 2.33. The molecule has 2 heteroatoms. The molecule has 0 aromatic heterocycles. The maximum absolute atomic E-state index is 3.29. The molecule has 13 heavy (non-hydrogen) atoms. The smallest absolute Gasteiger partial charge is 0.0136 e. The molecular formula is C11H24N2. The van der Waals surface area contributed by atoms with E-state index in [-0.39, 0.29) is 0 Å². The highest BCUT2D eigenvalue weighted by Crippen LogP contribution is 2.31. The lowest BCUT2D eigenvalue weighted by Crippen LogP contribution is -2.50. The van der Waals surface area contributed by atoms with E-state index in [0.717, 1.165) is 12.0 Å². The number of rotatable bonds is 6. The van der Waals surface area contributed by atoms with Crippen molar-refractivity contribution in [2.75, 3.05) is 26.7 Å². The zero-order chi connectivity index (χ0) is 9.68. The van der Waals surface area contributed by atoms with Crippen LogP contribution in [-0.2, 0) is 0 Å².